The van der Waals surface area contributed by atoms with Gasteiger partial charge in [0.25, 0.3) is 0 Å². The molecule has 1 heterocycles. The first kappa shape index (κ1) is 8.09. The maximum absolute atomic E-state index is 11.6. The molecule has 2 aliphatic rings. The zero-order chi connectivity index (χ0) is 8.55. The Morgan fingerprint density at radius 3 is 2.67 bits per heavy atom. The van der Waals surface area contributed by atoms with Crippen molar-refractivity contribution in [3.05, 3.63) is 0 Å². The van der Waals surface area contributed by atoms with Crippen LogP contribution in [0.15, 0.2) is 0 Å². The quantitative estimate of drug-likeness (QED) is 0.612. The SMILES string of the molecule is CC[C@@H]1CCN(C(=O)C2CC2)C1. The molecule has 12 heavy (non-hydrogen) atoms. The topological polar surface area (TPSA) is 20.3 Å². The highest BCUT2D eigenvalue weighted by molar-refractivity contribution is 5.81. The standard InChI is InChI=1S/C10H17NO/c1-2-8-5-6-11(7-8)10(12)9-3-4-9/h8-9H,2-7H2,1H3/t8-/m1/s1. The molecule has 0 N–H and O–H groups in total. The number of hydrogen-bond acceptors (Lipinski definition) is 1. The Labute approximate surface area is 73.9 Å². The molecular weight excluding hydrogens is 150 g/mol. The minimum atomic E-state index is 0.417. The van der Waals surface area contributed by atoms with E-state index in [9.17, 15) is 4.79 Å². The van der Waals surface area contributed by atoms with Gasteiger partial charge in [0.1, 0.15) is 0 Å². The number of hydrogen-bond donors (Lipinski definition) is 0. The van der Waals surface area contributed by atoms with Crippen LogP contribution in [-0.2, 0) is 4.79 Å². The third kappa shape index (κ3) is 1.47. The fourth-order valence-electron chi connectivity index (χ4n) is 1.95. The van der Waals surface area contributed by atoms with Crippen molar-refractivity contribution >= 4 is 5.91 Å². The molecular formula is C10H17NO. The first-order chi connectivity index (χ1) is 5.81. The van der Waals surface area contributed by atoms with Crippen LogP contribution < -0.4 is 0 Å². The van der Waals surface area contributed by atoms with Gasteiger partial charge < -0.3 is 4.90 Å². The van der Waals surface area contributed by atoms with Crippen LogP contribution in [0.1, 0.15) is 32.6 Å². The number of amides is 1. The summed E-state index contributed by atoms with van der Waals surface area (Å²) >= 11 is 0. The Balaban J connectivity index is 1.85. The van der Waals surface area contributed by atoms with Crippen molar-refractivity contribution in [2.45, 2.75) is 32.6 Å². The summed E-state index contributed by atoms with van der Waals surface area (Å²) in [4.78, 5) is 13.7. The molecule has 0 aromatic rings. The Morgan fingerprint density at radius 1 is 1.42 bits per heavy atom. The van der Waals surface area contributed by atoms with E-state index in [1.807, 2.05) is 0 Å². The lowest BCUT2D eigenvalue weighted by atomic mass is 10.1. The van der Waals surface area contributed by atoms with Crippen LogP contribution in [0.2, 0.25) is 0 Å². The van der Waals surface area contributed by atoms with Gasteiger partial charge in [0.05, 0.1) is 0 Å². The van der Waals surface area contributed by atoms with Crippen LogP contribution in [-0.4, -0.2) is 23.9 Å². The van der Waals surface area contributed by atoms with Gasteiger partial charge in [0.15, 0.2) is 0 Å². The lowest BCUT2D eigenvalue weighted by molar-refractivity contribution is -0.131. The predicted molar refractivity (Wildman–Crippen MR) is 47.7 cm³/mol. The van der Waals surface area contributed by atoms with Gasteiger partial charge in [-0.2, -0.15) is 0 Å². The molecule has 0 bridgehead atoms. The van der Waals surface area contributed by atoms with Gasteiger partial charge in [-0.3, -0.25) is 4.79 Å². The molecule has 68 valence electrons. The van der Waals surface area contributed by atoms with Crippen molar-refractivity contribution in [2.24, 2.45) is 11.8 Å². The van der Waals surface area contributed by atoms with E-state index >= 15 is 0 Å². The molecule has 2 rings (SSSR count). The van der Waals surface area contributed by atoms with Crippen LogP contribution in [0, 0.1) is 11.8 Å². The van der Waals surface area contributed by atoms with E-state index in [1.165, 1.54) is 12.8 Å². The smallest absolute Gasteiger partial charge is 0.225 e. The molecule has 0 unspecified atom stereocenters. The number of likely N-dealkylation sites (tertiary alicyclic amines) is 1. The van der Waals surface area contributed by atoms with E-state index in [0.29, 0.717) is 11.8 Å². The molecule has 2 nitrogen and oxygen atoms in total. The van der Waals surface area contributed by atoms with Crippen LogP contribution in [0.25, 0.3) is 0 Å². The van der Waals surface area contributed by atoms with Crippen molar-refractivity contribution in [1.82, 2.24) is 4.90 Å². The van der Waals surface area contributed by atoms with Crippen molar-refractivity contribution in [2.75, 3.05) is 13.1 Å². The lowest BCUT2D eigenvalue weighted by Gasteiger charge is -2.15. The van der Waals surface area contributed by atoms with E-state index in [0.717, 1.165) is 31.8 Å². The third-order valence-corrected chi connectivity index (χ3v) is 3.10. The normalized spacial score (nSPS) is 29.4. The van der Waals surface area contributed by atoms with Crippen molar-refractivity contribution in [3.8, 4) is 0 Å². The summed E-state index contributed by atoms with van der Waals surface area (Å²) in [6.07, 6.45) is 4.75. The van der Waals surface area contributed by atoms with Crippen molar-refractivity contribution in [3.63, 3.8) is 0 Å². The van der Waals surface area contributed by atoms with Gasteiger partial charge in [0.2, 0.25) is 5.91 Å². The maximum Gasteiger partial charge on any atom is 0.225 e. The second-order valence-corrected chi connectivity index (χ2v) is 4.12. The predicted octanol–water partition coefficient (Wildman–Crippen LogP) is 1.65. The third-order valence-electron chi connectivity index (χ3n) is 3.10. The van der Waals surface area contributed by atoms with Crippen molar-refractivity contribution < 1.29 is 4.79 Å². The maximum atomic E-state index is 11.6. The van der Waals surface area contributed by atoms with Gasteiger partial charge >= 0.3 is 0 Å². The molecule has 1 saturated heterocycles. The van der Waals surface area contributed by atoms with Gasteiger partial charge in [-0.1, -0.05) is 13.3 Å². The molecule has 0 radical (unpaired) electrons. The summed E-state index contributed by atoms with van der Waals surface area (Å²) in [6.45, 7) is 4.27. The summed E-state index contributed by atoms with van der Waals surface area (Å²) in [5.74, 6) is 1.64. The monoisotopic (exact) mass is 167 g/mol. The average molecular weight is 167 g/mol. The molecule has 0 aromatic heterocycles. The number of rotatable bonds is 2. The average Bonchev–Trinajstić information content (AvgIpc) is 2.82. The zero-order valence-corrected chi connectivity index (χ0v) is 7.75. The molecule has 1 aliphatic carbocycles. The molecule has 0 aromatic carbocycles. The summed E-state index contributed by atoms with van der Waals surface area (Å²) in [7, 11) is 0. The van der Waals surface area contributed by atoms with Gasteiger partial charge in [-0.05, 0) is 25.2 Å². The van der Waals surface area contributed by atoms with E-state index in [-0.39, 0.29) is 0 Å². The minimum absolute atomic E-state index is 0.417. The lowest BCUT2D eigenvalue weighted by Crippen LogP contribution is -2.29. The molecule has 2 heteroatoms. The Hall–Kier alpha value is -0.530. The summed E-state index contributed by atoms with van der Waals surface area (Å²) in [5.41, 5.74) is 0. The van der Waals surface area contributed by atoms with E-state index in [4.69, 9.17) is 0 Å². The van der Waals surface area contributed by atoms with Crippen LogP contribution in [0.5, 0.6) is 0 Å². The van der Waals surface area contributed by atoms with Gasteiger partial charge in [-0.25, -0.2) is 0 Å². The fraction of sp³-hybridized carbons (Fsp3) is 0.900. The molecule has 1 saturated carbocycles. The van der Waals surface area contributed by atoms with E-state index in [1.54, 1.807) is 0 Å². The fourth-order valence-corrected chi connectivity index (χ4v) is 1.95. The Bertz CT molecular complexity index is 186. The second kappa shape index (κ2) is 3.08. The summed E-state index contributed by atoms with van der Waals surface area (Å²) in [6, 6.07) is 0. The highest BCUT2D eigenvalue weighted by atomic mass is 16.2. The number of carbonyl (C=O) groups is 1. The van der Waals surface area contributed by atoms with Gasteiger partial charge in [0, 0.05) is 19.0 Å². The minimum Gasteiger partial charge on any atom is -0.342 e. The molecule has 1 amide bonds. The molecule has 2 fully saturated rings. The molecule has 0 spiro atoms. The number of nitrogens with zero attached hydrogens (tertiary/aromatic N) is 1. The van der Waals surface area contributed by atoms with Crippen LogP contribution in [0.3, 0.4) is 0 Å². The summed E-state index contributed by atoms with van der Waals surface area (Å²) < 4.78 is 0. The highest BCUT2D eigenvalue weighted by Crippen LogP contribution is 2.33. The largest absolute Gasteiger partial charge is 0.342 e. The van der Waals surface area contributed by atoms with E-state index < -0.39 is 0 Å². The second-order valence-electron chi connectivity index (χ2n) is 4.12. The van der Waals surface area contributed by atoms with Crippen molar-refractivity contribution in [1.29, 1.82) is 0 Å². The number of carbonyl (C=O) groups excluding carboxylic acids is 1. The Morgan fingerprint density at radius 2 is 2.17 bits per heavy atom. The van der Waals surface area contributed by atoms with Crippen LogP contribution >= 0.6 is 0 Å². The van der Waals surface area contributed by atoms with E-state index in [2.05, 4.69) is 11.8 Å². The Kier molecular flexibility index (Phi) is 2.07. The first-order valence-corrected chi connectivity index (χ1v) is 5.10. The van der Waals surface area contributed by atoms with Gasteiger partial charge in [-0.15, -0.1) is 0 Å². The summed E-state index contributed by atoms with van der Waals surface area (Å²) in [5, 5.41) is 0. The zero-order valence-electron chi connectivity index (χ0n) is 7.75. The molecule has 1 atom stereocenters. The molecule has 1 aliphatic heterocycles. The first-order valence-electron chi connectivity index (χ1n) is 5.10. The van der Waals surface area contributed by atoms with Crippen LogP contribution in [0.4, 0.5) is 0 Å². The highest BCUT2D eigenvalue weighted by Gasteiger charge is 2.35.